The smallest absolute Gasteiger partial charge is 0.329 e. The van der Waals surface area contributed by atoms with Crippen molar-refractivity contribution in [3.8, 4) is 0 Å². The first-order valence-corrected chi connectivity index (χ1v) is 6.84. The minimum Gasteiger partial charge on any atom is -0.329 e. The molecule has 0 aliphatic rings. The highest BCUT2D eigenvalue weighted by atomic mass is 35.5. The maximum absolute atomic E-state index is 12.5. The third-order valence-electron chi connectivity index (χ3n) is 3.19. The predicted octanol–water partition coefficient (Wildman–Crippen LogP) is 4.49. The molecule has 2 N–H and O–H groups in total. The molecule has 1 aromatic heterocycles. The van der Waals surface area contributed by atoms with Crippen molar-refractivity contribution in [1.82, 2.24) is 9.97 Å². The largest absolute Gasteiger partial charge is 0.416 e. The van der Waals surface area contributed by atoms with E-state index in [2.05, 4.69) is 15.3 Å². The Balaban J connectivity index is 1.79. The van der Waals surface area contributed by atoms with Crippen LogP contribution < -0.4 is 5.32 Å². The van der Waals surface area contributed by atoms with Crippen molar-refractivity contribution >= 4 is 34.2 Å². The van der Waals surface area contributed by atoms with Crippen LogP contribution in [0.5, 0.6) is 0 Å². The van der Waals surface area contributed by atoms with E-state index < -0.39 is 17.6 Å². The van der Waals surface area contributed by atoms with Crippen LogP contribution in [0.4, 0.5) is 18.9 Å². The van der Waals surface area contributed by atoms with E-state index in [1.807, 2.05) is 0 Å². The number of nitrogens with one attached hydrogen (secondary N) is 2. The van der Waals surface area contributed by atoms with Gasteiger partial charge in [-0.3, -0.25) is 4.79 Å². The summed E-state index contributed by atoms with van der Waals surface area (Å²) in [6.07, 6.45) is -4.43. The first-order valence-electron chi connectivity index (χ1n) is 6.47. The number of fused-ring (bicyclic) bond motifs is 1. The fraction of sp³-hybridized carbons (Fsp3) is 0.0667. The van der Waals surface area contributed by atoms with Gasteiger partial charge in [-0.15, -0.1) is 0 Å². The number of halogens is 4. The molecule has 118 valence electrons. The lowest BCUT2D eigenvalue weighted by Gasteiger charge is -2.08. The monoisotopic (exact) mass is 339 g/mol. The van der Waals surface area contributed by atoms with E-state index in [0.717, 1.165) is 24.3 Å². The molecular weight excluding hydrogens is 331 g/mol. The van der Waals surface area contributed by atoms with Crippen molar-refractivity contribution in [1.29, 1.82) is 0 Å². The van der Waals surface area contributed by atoms with Crippen molar-refractivity contribution in [2.45, 2.75) is 6.18 Å². The molecule has 23 heavy (non-hydrogen) atoms. The zero-order valence-corrected chi connectivity index (χ0v) is 12.2. The van der Waals surface area contributed by atoms with Crippen molar-refractivity contribution in [2.75, 3.05) is 5.32 Å². The van der Waals surface area contributed by atoms with Gasteiger partial charge in [0.15, 0.2) is 0 Å². The third kappa shape index (κ3) is 3.29. The fourth-order valence-corrected chi connectivity index (χ4v) is 2.26. The van der Waals surface area contributed by atoms with E-state index in [9.17, 15) is 18.0 Å². The summed E-state index contributed by atoms with van der Waals surface area (Å²) < 4.78 is 37.5. The number of H-pyrrole nitrogens is 1. The Hall–Kier alpha value is -2.54. The van der Waals surface area contributed by atoms with E-state index in [1.165, 1.54) is 0 Å². The van der Waals surface area contributed by atoms with E-state index in [4.69, 9.17) is 11.6 Å². The lowest BCUT2D eigenvalue weighted by atomic mass is 10.1. The predicted molar refractivity (Wildman–Crippen MR) is 80.5 cm³/mol. The van der Waals surface area contributed by atoms with Crippen LogP contribution >= 0.6 is 11.6 Å². The Bertz CT molecular complexity index is 872. The number of amides is 1. The minimum atomic E-state index is -4.43. The van der Waals surface area contributed by atoms with Gasteiger partial charge in [0.05, 0.1) is 16.6 Å². The zero-order valence-electron chi connectivity index (χ0n) is 11.4. The Morgan fingerprint density at radius 1 is 1.13 bits per heavy atom. The van der Waals surface area contributed by atoms with Crippen molar-refractivity contribution < 1.29 is 18.0 Å². The highest BCUT2D eigenvalue weighted by molar-refractivity contribution is 6.29. The maximum Gasteiger partial charge on any atom is 0.416 e. The molecule has 1 amide bonds. The van der Waals surface area contributed by atoms with Gasteiger partial charge in [-0.05, 0) is 54.1 Å². The Kier molecular flexibility index (Phi) is 3.73. The van der Waals surface area contributed by atoms with Crippen LogP contribution in [0.15, 0.2) is 42.5 Å². The molecule has 0 saturated carbocycles. The van der Waals surface area contributed by atoms with Gasteiger partial charge >= 0.3 is 6.18 Å². The number of hydrogen-bond acceptors (Lipinski definition) is 2. The van der Waals surface area contributed by atoms with Crippen LogP contribution in [0.3, 0.4) is 0 Å². The Labute approximate surface area is 133 Å². The molecule has 0 aliphatic heterocycles. The molecule has 0 saturated heterocycles. The van der Waals surface area contributed by atoms with E-state index in [0.29, 0.717) is 16.7 Å². The Morgan fingerprint density at radius 2 is 1.83 bits per heavy atom. The number of carbonyl (C=O) groups excluding carboxylic acids is 1. The first kappa shape index (κ1) is 15.4. The van der Waals surface area contributed by atoms with Crippen molar-refractivity contribution in [2.24, 2.45) is 0 Å². The average Bonchev–Trinajstić information content (AvgIpc) is 2.86. The number of alkyl halides is 3. The second-order valence-electron chi connectivity index (χ2n) is 4.79. The van der Waals surface area contributed by atoms with E-state index in [1.54, 1.807) is 18.2 Å². The normalized spacial score (nSPS) is 11.7. The van der Waals surface area contributed by atoms with Gasteiger partial charge in [-0.25, -0.2) is 4.98 Å². The summed E-state index contributed by atoms with van der Waals surface area (Å²) in [6, 6.07) is 8.92. The SMILES string of the molecule is O=C(Nc1ccc2nc(Cl)[nH]c2c1)c1ccc(C(F)(F)F)cc1. The van der Waals surface area contributed by atoms with Crippen LogP contribution in [0.25, 0.3) is 11.0 Å². The van der Waals surface area contributed by atoms with Gasteiger partial charge < -0.3 is 10.3 Å². The molecular formula is C15H9ClF3N3O. The molecule has 4 nitrogen and oxygen atoms in total. The highest BCUT2D eigenvalue weighted by Crippen LogP contribution is 2.29. The molecule has 0 aliphatic carbocycles. The summed E-state index contributed by atoms with van der Waals surface area (Å²) in [5, 5.41) is 2.83. The van der Waals surface area contributed by atoms with Gasteiger partial charge in [-0.1, -0.05) is 0 Å². The lowest BCUT2D eigenvalue weighted by Crippen LogP contribution is -2.12. The second-order valence-corrected chi connectivity index (χ2v) is 5.15. The topological polar surface area (TPSA) is 57.8 Å². The number of rotatable bonds is 2. The molecule has 3 aromatic rings. The molecule has 0 radical (unpaired) electrons. The number of imidazole rings is 1. The van der Waals surface area contributed by atoms with Crippen LogP contribution in [-0.4, -0.2) is 15.9 Å². The molecule has 3 rings (SSSR count). The number of anilines is 1. The standard InChI is InChI=1S/C15H9ClF3N3O/c16-14-21-11-6-5-10(7-12(11)22-14)20-13(23)8-1-3-9(4-2-8)15(17,18)19/h1-7H,(H,20,23)(H,21,22). The molecule has 0 bridgehead atoms. The molecule has 0 atom stereocenters. The van der Waals surface area contributed by atoms with Gasteiger partial charge in [0.25, 0.3) is 5.91 Å². The molecule has 0 fully saturated rings. The summed E-state index contributed by atoms with van der Waals surface area (Å²) in [7, 11) is 0. The summed E-state index contributed by atoms with van der Waals surface area (Å²) in [6.45, 7) is 0. The molecule has 1 heterocycles. The van der Waals surface area contributed by atoms with Crippen LogP contribution in [0.2, 0.25) is 5.28 Å². The van der Waals surface area contributed by atoms with Gasteiger partial charge in [0, 0.05) is 11.3 Å². The summed E-state index contributed by atoms with van der Waals surface area (Å²) in [4.78, 5) is 18.9. The number of benzene rings is 2. The highest BCUT2D eigenvalue weighted by Gasteiger charge is 2.30. The van der Waals surface area contributed by atoms with Gasteiger partial charge in [-0.2, -0.15) is 13.2 Å². The number of aromatic nitrogens is 2. The van der Waals surface area contributed by atoms with Crippen LogP contribution in [-0.2, 0) is 6.18 Å². The number of nitrogens with zero attached hydrogens (tertiary/aromatic N) is 1. The third-order valence-corrected chi connectivity index (χ3v) is 3.36. The Morgan fingerprint density at radius 3 is 2.48 bits per heavy atom. The quantitative estimate of drug-likeness (QED) is 0.723. The molecule has 8 heteroatoms. The first-order chi connectivity index (χ1) is 10.8. The summed E-state index contributed by atoms with van der Waals surface area (Å²) in [5.74, 6) is -0.510. The van der Waals surface area contributed by atoms with Crippen molar-refractivity contribution in [3.63, 3.8) is 0 Å². The average molecular weight is 340 g/mol. The van der Waals surface area contributed by atoms with Crippen LogP contribution in [0.1, 0.15) is 15.9 Å². The lowest BCUT2D eigenvalue weighted by molar-refractivity contribution is -0.137. The fourth-order valence-electron chi connectivity index (χ4n) is 2.07. The minimum absolute atomic E-state index is 0.126. The summed E-state index contributed by atoms with van der Waals surface area (Å²) >= 11 is 5.74. The van der Waals surface area contributed by atoms with Gasteiger partial charge in [0.1, 0.15) is 0 Å². The van der Waals surface area contributed by atoms with E-state index >= 15 is 0 Å². The van der Waals surface area contributed by atoms with E-state index in [-0.39, 0.29) is 10.8 Å². The molecule has 2 aromatic carbocycles. The number of aromatic amines is 1. The van der Waals surface area contributed by atoms with Crippen LogP contribution in [0, 0.1) is 0 Å². The molecule has 0 unspecified atom stereocenters. The maximum atomic E-state index is 12.5. The van der Waals surface area contributed by atoms with Gasteiger partial charge in [0.2, 0.25) is 5.28 Å². The van der Waals surface area contributed by atoms with Crippen molar-refractivity contribution in [3.05, 3.63) is 58.9 Å². The molecule has 0 spiro atoms. The zero-order chi connectivity index (χ0) is 16.6. The number of carbonyl (C=O) groups is 1. The summed E-state index contributed by atoms with van der Waals surface area (Å²) in [5.41, 5.74) is 1.08. The number of hydrogen-bond donors (Lipinski definition) is 2. The second kappa shape index (κ2) is 5.58.